The highest BCUT2D eigenvalue weighted by molar-refractivity contribution is 5.76. The van der Waals surface area contributed by atoms with Crippen molar-refractivity contribution >= 4 is 5.91 Å². The number of hydrogen-bond acceptors (Lipinski definition) is 13. The Kier molecular flexibility index (Phi) is 60.7. The van der Waals surface area contributed by atoms with E-state index >= 15 is 0 Å². The van der Waals surface area contributed by atoms with Crippen LogP contribution < -0.4 is 5.32 Å². The molecule has 0 bridgehead atoms. The zero-order valence-electron chi connectivity index (χ0n) is 60.7. The lowest BCUT2D eigenvalue weighted by molar-refractivity contribution is -0.359. The molecule has 12 unspecified atom stereocenters. The summed E-state index contributed by atoms with van der Waals surface area (Å²) in [6.07, 6.45) is 68.0. The average molecular weight is 1340 g/mol. The van der Waals surface area contributed by atoms with Crippen LogP contribution in [-0.2, 0) is 23.7 Å². The highest BCUT2D eigenvalue weighted by Crippen LogP contribution is 2.30. The van der Waals surface area contributed by atoms with Crippen molar-refractivity contribution in [1.29, 1.82) is 0 Å². The van der Waals surface area contributed by atoms with Gasteiger partial charge in [-0.2, -0.15) is 0 Å². The van der Waals surface area contributed by atoms with Crippen LogP contribution >= 0.6 is 0 Å². The molecule has 2 aliphatic heterocycles. The highest BCUT2D eigenvalue weighted by atomic mass is 16.7. The fraction of sp³-hybridized carbons (Fsp3) is 0.912. The van der Waals surface area contributed by atoms with Gasteiger partial charge in [-0.3, -0.25) is 4.79 Å². The summed E-state index contributed by atoms with van der Waals surface area (Å²) < 4.78 is 22.9. The van der Waals surface area contributed by atoms with E-state index < -0.39 is 86.8 Å². The quantitative estimate of drug-likeness (QED) is 0.0204. The molecule has 9 N–H and O–H groups in total. The molecule has 2 saturated heterocycles. The summed E-state index contributed by atoms with van der Waals surface area (Å²) in [7, 11) is 0. The minimum absolute atomic E-state index is 0.233. The molecular weight excluding hydrogens is 1180 g/mol. The first kappa shape index (κ1) is 88.3. The van der Waals surface area contributed by atoms with Gasteiger partial charge in [0.15, 0.2) is 12.6 Å². The number of ether oxygens (including phenoxy) is 4. The fourth-order valence-electron chi connectivity index (χ4n) is 13.4. The largest absolute Gasteiger partial charge is 0.394 e. The topological polar surface area (TPSA) is 228 Å². The van der Waals surface area contributed by atoms with E-state index in [2.05, 4.69) is 43.5 Å². The van der Waals surface area contributed by atoms with Gasteiger partial charge >= 0.3 is 0 Å². The number of aliphatic hydroxyl groups excluding tert-OH is 8. The molecule has 0 radical (unpaired) electrons. The minimum Gasteiger partial charge on any atom is -0.394 e. The Balaban J connectivity index is 1.62. The zero-order chi connectivity index (χ0) is 68.0. The van der Waals surface area contributed by atoms with Gasteiger partial charge in [0.25, 0.3) is 0 Å². The average Bonchev–Trinajstić information content (AvgIpc) is 0.794. The molecule has 14 heteroatoms. The molecule has 0 spiro atoms. The fourth-order valence-corrected chi connectivity index (χ4v) is 13.4. The summed E-state index contributed by atoms with van der Waals surface area (Å²) in [5.74, 6) is -0.233. The third-order valence-corrected chi connectivity index (χ3v) is 19.8. The standard InChI is InChI=1S/C80H151NO13/c1-3-5-7-9-11-13-15-17-19-21-23-25-27-29-31-32-33-34-35-36-38-39-41-43-45-47-49-51-53-55-57-59-61-63-69(84)68(67-91-79-77(90)75(88)78(71(66-83)93-79)94-80-76(89)74(87)73(86)70(65-82)92-80)81-72(85)64-62-60-58-56-54-52-50-48-46-44-42-40-37-30-28-26-24-22-20-18-16-14-12-10-8-6-4-2/h16,18,22,24,61,63,68-71,73-80,82-84,86-90H,3-15,17,19-21,23,25-60,62,64-67H2,1-2H3,(H,81,85)/b18-16-,24-22-,63-61+. The van der Waals surface area contributed by atoms with Crippen molar-refractivity contribution in [1.82, 2.24) is 5.32 Å². The molecule has 0 aromatic heterocycles. The van der Waals surface area contributed by atoms with Crippen molar-refractivity contribution in [2.24, 2.45) is 0 Å². The number of nitrogens with one attached hydrogen (secondary N) is 1. The van der Waals surface area contributed by atoms with Gasteiger partial charge in [-0.1, -0.05) is 352 Å². The maximum atomic E-state index is 13.4. The van der Waals surface area contributed by atoms with E-state index in [4.69, 9.17) is 18.9 Å². The first-order valence-corrected chi connectivity index (χ1v) is 40.2. The zero-order valence-corrected chi connectivity index (χ0v) is 60.7. The van der Waals surface area contributed by atoms with Crippen molar-refractivity contribution in [3.63, 3.8) is 0 Å². The summed E-state index contributed by atoms with van der Waals surface area (Å²) in [6, 6.07) is -0.916. The van der Waals surface area contributed by atoms with Crippen LogP contribution in [0.5, 0.6) is 0 Å². The number of unbranched alkanes of at least 4 members (excludes halogenated alkanes) is 51. The minimum atomic E-state index is -1.79. The third kappa shape index (κ3) is 47.3. The van der Waals surface area contributed by atoms with Crippen molar-refractivity contribution in [2.75, 3.05) is 19.8 Å². The van der Waals surface area contributed by atoms with Crippen LogP contribution in [0.1, 0.15) is 373 Å². The van der Waals surface area contributed by atoms with E-state index in [0.29, 0.717) is 6.42 Å². The molecule has 554 valence electrons. The number of hydrogen-bond donors (Lipinski definition) is 9. The van der Waals surface area contributed by atoms with Gasteiger partial charge in [-0.25, -0.2) is 0 Å². The van der Waals surface area contributed by atoms with Gasteiger partial charge in [0.1, 0.15) is 48.8 Å². The first-order valence-electron chi connectivity index (χ1n) is 40.2. The van der Waals surface area contributed by atoms with Gasteiger partial charge in [-0.15, -0.1) is 0 Å². The lowest BCUT2D eigenvalue weighted by atomic mass is 9.97. The molecule has 12 atom stereocenters. The van der Waals surface area contributed by atoms with Gasteiger partial charge in [-0.05, 0) is 51.4 Å². The van der Waals surface area contributed by atoms with Crippen LogP contribution in [0.3, 0.4) is 0 Å². The number of allylic oxidation sites excluding steroid dienone is 5. The molecule has 14 nitrogen and oxygen atoms in total. The lowest BCUT2D eigenvalue weighted by Crippen LogP contribution is -2.65. The van der Waals surface area contributed by atoms with Crippen LogP contribution in [0, 0.1) is 0 Å². The second-order valence-electron chi connectivity index (χ2n) is 28.5. The molecule has 1 amide bonds. The van der Waals surface area contributed by atoms with E-state index in [1.54, 1.807) is 6.08 Å². The van der Waals surface area contributed by atoms with Crippen molar-refractivity contribution < 1.29 is 64.6 Å². The number of aliphatic hydroxyl groups is 8. The van der Waals surface area contributed by atoms with Crippen LogP contribution in [0.4, 0.5) is 0 Å². The van der Waals surface area contributed by atoms with Gasteiger partial charge in [0.05, 0.1) is 32.0 Å². The number of amides is 1. The summed E-state index contributed by atoms with van der Waals surface area (Å²) >= 11 is 0. The second kappa shape index (κ2) is 64.6. The SMILES string of the molecule is CCCCCCC/C=C\C/C=C\CCCCCCCCCCCCCCCCCC(=O)NC(COC1OC(CO)C(OC2OC(CO)C(O)C(O)C2O)C(O)C1O)C(O)/C=C/CCCCCCCCCCCCCCCCCCCCCCCCCCCCCCCCC. The van der Waals surface area contributed by atoms with Crippen LogP contribution in [0.25, 0.3) is 0 Å². The maximum absolute atomic E-state index is 13.4. The Hall–Kier alpha value is -1.79. The Morgan fingerprint density at radius 3 is 1.06 bits per heavy atom. The predicted octanol–water partition coefficient (Wildman–Crippen LogP) is 18.0. The molecular formula is C80H151NO13. The number of carbonyl (C=O) groups excluding carboxylic acids is 1. The Bertz CT molecular complexity index is 1720. The summed E-state index contributed by atoms with van der Waals surface area (Å²) in [6.45, 7) is 2.85. The van der Waals surface area contributed by atoms with E-state index in [1.807, 2.05) is 6.08 Å². The molecule has 0 aliphatic carbocycles. The van der Waals surface area contributed by atoms with Crippen molar-refractivity contribution in [3.8, 4) is 0 Å². The first-order chi connectivity index (χ1) is 46.1. The normalized spacial score (nSPS) is 22.6. The smallest absolute Gasteiger partial charge is 0.220 e. The molecule has 0 aromatic rings. The molecule has 0 aromatic carbocycles. The van der Waals surface area contributed by atoms with E-state index in [1.165, 1.54) is 302 Å². The summed E-state index contributed by atoms with van der Waals surface area (Å²) in [5.41, 5.74) is 0. The monoisotopic (exact) mass is 1330 g/mol. The maximum Gasteiger partial charge on any atom is 0.220 e. The molecule has 2 rings (SSSR count). The van der Waals surface area contributed by atoms with Gasteiger partial charge in [0.2, 0.25) is 5.91 Å². The number of carbonyl (C=O) groups is 1. The Morgan fingerprint density at radius 1 is 0.383 bits per heavy atom. The molecule has 2 fully saturated rings. The predicted molar refractivity (Wildman–Crippen MR) is 388 cm³/mol. The molecule has 2 aliphatic rings. The Morgan fingerprint density at radius 2 is 0.702 bits per heavy atom. The highest BCUT2D eigenvalue weighted by Gasteiger charge is 2.51. The van der Waals surface area contributed by atoms with Crippen LogP contribution in [0.2, 0.25) is 0 Å². The van der Waals surface area contributed by atoms with Crippen molar-refractivity contribution in [3.05, 3.63) is 36.5 Å². The van der Waals surface area contributed by atoms with Gasteiger partial charge < -0.3 is 65.1 Å². The second-order valence-corrected chi connectivity index (χ2v) is 28.5. The molecule has 2 heterocycles. The summed E-state index contributed by atoms with van der Waals surface area (Å²) in [5, 5.41) is 87.7. The Labute approximate surface area is 576 Å². The van der Waals surface area contributed by atoms with E-state index in [9.17, 15) is 45.6 Å². The summed E-state index contributed by atoms with van der Waals surface area (Å²) in [4.78, 5) is 13.4. The lowest BCUT2D eigenvalue weighted by Gasteiger charge is -2.46. The van der Waals surface area contributed by atoms with Crippen LogP contribution in [-0.4, -0.2) is 140 Å². The van der Waals surface area contributed by atoms with Crippen LogP contribution in [0.15, 0.2) is 36.5 Å². The molecule has 94 heavy (non-hydrogen) atoms. The van der Waals surface area contributed by atoms with Gasteiger partial charge in [0, 0.05) is 6.42 Å². The molecule has 0 saturated carbocycles. The van der Waals surface area contributed by atoms with E-state index in [0.717, 1.165) is 44.9 Å². The third-order valence-electron chi connectivity index (χ3n) is 19.8. The van der Waals surface area contributed by atoms with E-state index in [-0.39, 0.29) is 18.9 Å². The van der Waals surface area contributed by atoms with Crippen molar-refractivity contribution in [2.45, 2.75) is 447 Å². The number of rotatable bonds is 68.